The molecule has 8 nitrogen and oxygen atoms in total. The van der Waals surface area contributed by atoms with E-state index in [2.05, 4.69) is 16.7 Å². The van der Waals surface area contributed by atoms with E-state index in [9.17, 15) is 9.59 Å². The van der Waals surface area contributed by atoms with Gasteiger partial charge in [-0.05, 0) is 56.0 Å². The molecule has 1 amide bonds. The molecule has 1 saturated heterocycles. The minimum atomic E-state index is -0.736. The summed E-state index contributed by atoms with van der Waals surface area (Å²) >= 11 is 12.6. The van der Waals surface area contributed by atoms with E-state index in [-0.39, 0.29) is 12.6 Å². The van der Waals surface area contributed by atoms with Crippen LogP contribution in [0.25, 0.3) is 0 Å². The maximum absolute atomic E-state index is 12.7. The highest BCUT2D eigenvalue weighted by molar-refractivity contribution is 6.43. The van der Waals surface area contributed by atoms with Gasteiger partial charge in [-0.15, -0.1) is 0 Å². The fourth-order valence-electron chi connectivity index (χ4n) is 5.88. The molecule has 248 valence electrons. The van der Waals surface area contributed by atoms with Crippen molar-refractivity contribution in [1.29, 1.82) is 0 Å². The number of unbranched alkanes of at least 4 members (excludes halogenated alkanes) is 8. The van der Waals surface area contributed by atoms with Gasteiger partial charge in [-0.2, -0.15) is 0 Å². The molecule has 0 aliphatic carbocycles. The summed E-state index contributed by atoms with van der Waals surface area (Å²) in [6.07, 6.45) is 11.6. The van der Waals surface area contributed by atoms with Crippen LogP contribution in [0.3, 0.4) is 0 Å². The summed E-state index contributed by atoms with van der Waals surface area (Å²) in [5.41, 5.74) is 2.77. The number of piperazine rings is 1. The Bertz CT molecular complexity index is 1220. The molecule has 2 aliphatic rings. The molecule has 45 heavy (non-hydrogen) atoms. The third-order valence-electron chi connectivity index (χ3n) is 8.57. The van der Waals surface area contributed by atoms with E-state index in [0.717, 1.165) is 81.8 Å². The first-order chi connectivity index (χ1) is 22.0. The molecule has 0 aromatic heterocycles. The van der Waals surface area contributed by atoms with Crippen LogP contribution in [0.5, 0.6) is 5.75 Å². The number of nitrogens with zero attached hydrogens (tertiary/aromatic N) is 3. The van der Waals surface area contributed by atoms with Gasteiger partial charge in [0, 0.05) is 38.7 Å². The number of hydrogen-bond donors (Lipinski definition) is 0. The minimum absolute atomic E-state index is 0.0757. The summed E-state index contributed by atoms with van der Waals surface area (Å²) in [6, 6.07) is 11.6. The van der Waals surface area contributed by atoms with Gasteiger partial charge in [0.2, 0.25) is 5.91 Å². The monoisotopic (exact) mass is 661 g/mol. The van der Waals surface area contributed by atoms with Crippen molar-refractivity contribution in [2.45, 2.75) is 84.0 Å². The molecule has 0 saturated carbocycles. The number of carbonyl (C=O) groups is 2. The molecule has 2 heterocycles. The van der Waals surface area contributed by atoms with Crippen molar-refractivity contribution in [3.8, 4) is 5.75 Å². The van der Waals surface area contributed by atoms with Crippen LogP contribution >= 0.6 is 23.2 Å². The van der Waals surface area contributed by atoms with Gasteiger partial charge in [-0.3, -0.25) is 14.6 Å². The zero-order chi connectivity index (χ0) is 31.9. The highest BCUT2D eigenvalue weighted by atomic mass is 35.5. The first-order valence-electron chi connectivity index (χ1n) is 16.7. The maximum Gasteiger partial charge on any atom is 0.510 e. The topological polar surface area (TPSA) is 71.5 Å². The van der Waals surface area contributed by atoms with Gasteiger partial charge in [-0.1, -0.05) is 87.2 Å². The van der Waals surface area contributed by atoms with E-state index in [0.29, 0.717) is 41.9 Å². The number of amides is 1. The second-order valence-electron chi connectivity index (χ2n) is 11.9. The predicted molar refractivity (Wildman–Crippen MR) is 182 cm³/mol. The molecule has 0 atom stereocenters. The fourth-order valence-corrected chi connectivity index (χ4v) is 6.29. The van der Waals surface area contributed by atoms with Gasteiger partial charge in [0.15, 0.2) is 6.73 Å². The van der Waals surface area contributed by atoms with Gasteiger partial charge in [-0.25, -0.2) is 4.79 Å². The number of rotatable bonds is 18. The van der Waals surface area contributed by atoms with Crippen molar-refractivity contribution >= 4 is 46.6 Å². The van der Waals surface area contributed by atoms with Crippen LogP contribution in [0.2, 0.25) is 10.0 Å². The van der Waals surface area contributed by atoms with Crippen molar-refractivity contribution in [1.82, 2.24) is 4.90 Å². The van der Waals surface area contributed by atoms with Crippen molar-refractivity contribution in [3.63, 3.8) is 0 Å². The third-order valence-corrected chi connectivity index (χ3v) is 9.38. The second kappa shape index (κ2) is 19.1. The van der Waals surface area contributed by atoms with Crippen LogP contribution in [0.4, 0.5) is 16.2 Å². The Morgan fingerprint density at radius 1 is 0.800 bits per heavy atom. The molecule has 0 bridgehead atoms. The molecule has 4 rings (SSSR count). The predicted octanol–water partition coefficient (Wildman–Crippen LogP) is 8.51. The smallest absolute Gasteiger partial charge is 0.494 e. The molecule has 2 aliphatic heterocycles. The number of carbonyl (C=O) groups excluding carboxylic acids is 2. The largest absolute Gasteiger partial charge is 0.510 e. The molecule has 0 spiro atoms. The Morgan fingerprint density at radius 2 is 1.53 bits per heavy atom. The number of hydrogen-bond acceptors (Lipinski definition) is 7. The Kier molecular flexibility index (Phi) is 14.9. The lowest BCUT2D eigenvalue weighted by atomic mass is 10.0. The average molecular weight is 663 g/mol. The molecule has 10 heteroatoms. The highest BCUT2D eigenvalue weighted by Gasteiger charge is 2.26. The van der Waals surface area contributed by atoms with E-state index >= 15 is 0 Å². The standard InChI is InChI=1S/C35H49Cl2N3O5/c1-2-3-4-5-6-7-8-10-25-44-35(42)45-27-40-32-26-29(17-15-28(32)16-18-33(40)41)43-24-11-9-19-38-20-22-39(23-21-38)31-14-12-13-30(36)34(31)37/h12-15,17,26H,2-11,16,18-25,27H2,1H3. The van der Waals surface area contributed by atoms with Crippen molar-refractivity contribution in [3.05, 3.63) is 52.0 Å². The third kappa shape index (κ3) is 11.3. The normalized spacial score (nSPS) is 15.2. The Morgan fingerprint density at radius 3 is 2.31 bits per heavy atom. The second-order valence-corrected chi connectivity index (χ2v) is 12.7. The number of benzene rings is 2. The lowest BCUT2D eigenvalue weighted by Crippen LogP contribution is -2.46. The number of halogens is 2. The van der Waals surface area contributed by atoms with E-state index < -0.39 is 6.16 Å². The number of ether oxygens (including phenoxy) is 3. The summed E-state index contributed by atoms with van der Waals surface area (Å²) in [6.45, 7) is 7.79. The van der Waals surface area contributed by atoms with E-state index in [4.69, 9.17) is 37.4 Å². The summed E-state index contributed by atoms with van der Waals surface area (Å²) in [7, 11) is 0. The van der Waals surface area contributed by atoms with E-state index in [1.807, 2.05) is 36.4 Å². The highest BCUT2D eigenvalue weighted by Crippen LogP contribution is 2.33. The molecule has 0 N–H and O–H groups in total. The Labute approximate surface area is 278 Å². The van der Waals surface area contributed by atoms with E-state index in [1.165, 1.54) is 37.0 Å². The summed E-state index contributed by atoms with van der Waals surface area (Å²) in [5.74, 6) is 0.631. The quantitative estimate of drug-likeness (QED) is 0.117. The van der Waals surface area contributed by atoms with Gasteiger partial charge in [0.1, 0.15) is 5.75 Å². The molecule has 1 fully saturated rings. The number of aryl methyl sites for hydroxylation is 1. The first kappa shape index (κ1) is 35.2. The summed E-state index contributed by atoms with van der Waals surface area (Å²) in [4.78, 5) is 31.2. The maximum atomic E-state index is 12.7. The molecular formula is C35H49Cl2N3O5. The molecule has 2 aromatic carbocycles. The molecule has 0 radical (unpaired) electrons. The van der Waals surface area contributed by atoms with Crippen LogP contribution in [0.1, 0.15) is 83.1 Å². The molecule has 0 unspecified atom stereocenters. The lowest BCUT2D eigenvalue weighted by Gasteiger charge is -2.36. The average Bonchev–Trinajstić information content (AvgIpc) is 3.05. The van der Waals surface area contributed by atoms with Gasteiger partial charge >= 0.3 is 6.16 Å². The van der Waals surface area contributed by atoms with Gasteiger partial charge in [0.05, 0.1) is 34.6 Å². The van der Waals surface area contributed by atoms with Crippen LogP contribution in [-0.4, -0.2) is 69.6 Å². The SMILES string of the molecule is CCCCCCCCCCOC(=O)OCN1C(=O)CCc2ccc(OCCCCN3CCN(c4cccc(Cl)c4Cl)CC3)cc21. The first-order valence-corrected chi connectivity index (χ1v) is 17.5. The number of anilines is 2. The zero-order valence-corrected chi connectivity index (χ0v) is 28.3. The van der Waals surface area contributed by atoms with Gasteiger partial charge in [0.25, 0.3) is 0 Å². The van der Waals surface area contributed by atoms with Crippen LogP contribution in [0.15, 0.2) is 36.4 Å². The van der Waals surface area contributed by atoms with Crippen LogP contribution in [-0.2, 0) is 20.7 Å². The van der Waals surface area contributed by atoms with Crippen LogP contribution in [0, 0.1) is 0 Å². The van der Waals surface area contributed by atoms with Gasteiger partial charge < -0.3 is 19.1 Å². The Balaban J connectivity index is 1.12. The van der Waals surface area contributed by atoms with Crippen molar-refractivity contribution in [2.75, 3.05) is 62.5 Å². The summed E-state index contributed by atoms with van der Waals surface area (Å²) in [5, 5.41) is 1.21. The fraction of sp³-hybridized carbons (Fsp3) is 0.600. The summed E-state index contributed by atoms with van der Waals surface area (Å²) < 4.78 is 16.6. The molecule has 2 aromatic rings. The van der Waals surface area contributed by atoms with Crippen molar-refractivity contribution < 1.29 is 23.8 Å². The molecular weight excluding hydrogens is 613 g/mol. The van der Waals surface area contributed by atoms with E-state index in [1.54, 1.807) is 0 Å². The lowest BCUT2D eigenvalue weighted by molar-refractivity contribution is -0.119. The Hall–Kier alpha value is -2.68. The van der Waals surface area contributed by atoms with Crippen molar-refractivity contribution in [2.24, 2.45) is 0 Å². The van der Waals surface area contributed by atoms with Crippen LogP contribution < -0.4 is 14.5 Å². The minimum Gasteiger partial charge on any atom is -0.494 e. The zero-order valence-electron chi connectivity index (χ0n) is 26.7. The number of fused-ring (bicyclic) bond motifs is 1.